The van der Waals surface area contributed by atoms with Gasteiger partial charge in [-0.2, -0.15) is 5.10 Å². The van der Waals surface area contributed by atoms with Crippen LogP contribution in [0.15, 0.2) is 24.4 Å². The van der Waals surface area contributed by atoms with Crippen LogP contribution in [0.4, 0.5) is 0 Å². The third-order valence-corrected chi connectivity index (χ3v) is 4.44. The molecule has 1 fully saturated rings. The Balaban J connectivity index is 1.83. The highest BCUT2D eigenvalue weighted by Crippen LogP contribution is 2.20. The lowest BCUT2D eigenvalue weighted by Gasteiger charge is -2.36. The van der Waals surface area contributed by atoms with Crippen LogP contribution in [0, 0.1) is 0 Å². The number of nitrogens with one attached hydrogen (secondary N) is 1. The van der Waals surface area contributed by atoms with Crippen LogP contribution in [0.3, 0.4) is 0 Å². The van der Waals surface area contributed by atoms with Crippen molar-refractivity contribution in [1.29, 1.82) is 0 Å². The molecule has 0 radical (unpaired) electrons. The highest BCUT2D eigenvalue weighted by Gasteiger charge is 2.31. The summed E-state index contributed by atoms with van der Waals surface area (Å²) >= 11 is 0. The third-order valence-electron chi connectivity index (χ3n) is 4.44. The van der Waals surface area contributed by atoms with Gasteiger partial charge in [-0.1, -0.05) is 0 Å². The van der Waals surface area contributed by atoms with E-state index in [2.05, 4.69) is 10.4 Å². The average Bonchev–Trinajstić information content (AvgIpc) is 2.87. The van der Waals surface area contributed by atoms with Crippen molar-refractivity contribution < 1.29 is 9.59 Å². The van der Waals surface area contributed by atoms with Gasteiger partial charge in [-0.25, -0.2) is 0 Å². The third kappa shape index (κ3) is 2.45. The van der Waals surface area contributed by atoms with Crippen molar-refractivity contribution in [2.24, 2.45) is 7.05 Å². The SMILES string of the molecule is CC1NC(=O)CCC1N(C)C(=O)c1ccc2c(cnn2C)c1. The maximum Gasteiger partial charge on any atom is 0.253 e. The van der Waals surface area contributed by atoms with Crippen LogP contribution in [-0.4, -0.2) is 45.6 Å². The molecule has 6 nitrogen and oxygen atoms in total. The number of amides is 2. The number of piperidine rings is 1. The zero-order chi connectivity index (χ0) is 15.9. The molecule has 116 valence electrons. The average molecular weight is 300 g/mol. The van der Waals surface area contributed by atoms with E-state index in [4.69, 9.17) is 0 Å². The first-order valence-corrected chi connectivity index (χ1v) is 7.45. The van der Waals surface area contributed by atoms with Crippen LogP contribution in [0.5, 0.6) is 0 Å². The lowest BCUT2D eigenvalue weighted by Crippen LogP contribution is -2.54. The number of nitrogens with zero attached hydrogens (tertiary/aromatic N) is 3. The van der Waals surface area contributed by atoms with Gasteiger partial charge < -0.3 is 10.2 Å². The van der Waals surface area contributed by atoms with Crippen molar-refractivity contribution in [2.75, 3.05) is 7.05 Å². The van der Waals surface area contributed by atoms with E-state index in [0.717, 1.165) is 10.9 Å². The number of benzene rings is 1. The van der Waals surface area contributed by atoms with Gasteiger partial charge in [-0.15, -0.1) is 0 Å². The van der Waals surface area contributed by atoms with Gasteiger partial charge in [0.1, 0.15) is 0 Å². The lowest BCUT2D eigenvalue weighted by atomic mass is 9.97. The van der Waals surface area contributed by atoms with E-state index in [1.54, 1.807) is 22.8 Å². The first-order valence-electron chi connectivity index (χ1n) is 7.45. The van der Waals surface area contributed by atoms with E-state index in [1.807, 2.05) is 32.2 Å². The molecule has 1 saturated heterocycles. The fourth-order valence-electron chi connectivity index (χ4n) is 3.13. The Morgan fingerprint density at radius 3 is 2.95 bits per heavy atom. The number of fused-ring (bicyclic) bond motifs is 1. The first kappa shape index (κ1) is 14.6. The minimum Gasteiger partial charge on any atom is -0.352 e. The predicted octanol–water partition coefficient (Wildman–Crippen LogP) is 1.31. The Kier molecular flexibility index (Phi) is 3.60. The molecule has 1 N–H and O–H groups in total. The fraction of sp³-hybridized carbons (Fsp3) is 0.438. The highest BCUT2D eigenvalue weighted by atomic mass is 16.2. The second-order valence-electron chi connectivity index (χ2n) is 5.92. The fourth-order valence-corrected chi connectivity index (χ4v) is 3.13. The minimum absolute atomic E-state index is 0.0230. The van der Waals surface area contributed by atoms with Crippen LogP contribution in [-0.2, 0) is 11.8 Å². The predicted molar refractivity (Wildman–Crippen MR) is 83.4 cm³/mol. The zero-order valence-electron chi connectivity index (χ0n) is 13.0. The number of carbonyl (C=O) groups excluding carboxylic acids is 2. The second-order valence-corrected chi connectivity index (χ2v) is 5.92. The quantitative estimate of drug-likeness (QED) is 0.909. The van der Waals surface area contributed by atoms with Crippen LogP contribution in [0.25, 0.3) is 10.9 Å². The first-order chi connectivity index (χ1) is 10.5. The summed E-state index contributed by atoms with van der Waals surface area (Å²) in [5.74, 6) is 0.0279. The smallest absolute Gasteiger partial charge is 0.253 e. The molecule has 1 aliphatic rings. The van der Waals surface area contributed by atoms with Gasteiger partial charge >= 0.3 is 0 Å². The van der Waals surface area contributed by atoms with Gasteiger partial charge in [0.25, 0.3) is 5.91 Å². The maximum atomic E-state index is 12.7. The molecule has 3 rings (SSSR count). The molecule has 22 heavy (non-hydrogen) atoms. The summed E-state index contributed by atoms with van der Waals surface area (Å²) in [6.07, 6.45) is 2.92. The van der Waals surface area contributed by atoms with Gasteiger partial charge in [-0.05, 0) is 31.5 Å². The summed E-state index contributed by atoms with van der Waals surface area (Å²) in [4.78, 5) is 25.9. The van der Waals surface area contributed by atoms with Gasteiger partial charge in [0, 0.05) is 37.5 Å². The lowest BCUT2D eigenvalue weighted by molar-refractivity contribution is -0.124. The molecule has 0 bridgehead atoms. The molecule has 2 atom stereocenters. The Labute approximate surface area is 129 Å². The van der Waals surface area contributed by atoms with Gasteiger partial charge in [-0.3, -0.25) is 14.3 Å². The molecule has 2 amide bonds. The van der Waals surface area contributed by atoms with E-state index in [0.29, 0.717) is 18.4 Å². The number of hydrogen-bond donors (Lipinski definition) is 1. The summed E-state index contributed by atoms with van der Waals surface area (Å²) in [6, 6.07) is 5.60. The highest BCUT2D eigenvalue weighted by molar-refractivity contribution is 5.98. The summed E-state index contributed by atoms with van der Waals surface area (Å²) in [5, 5.41) is 8.05. The number of aryl methyl sites for hydroxylation is 1. The molecule has 6 heteroatoms. The number of likely N-dealkylation sites (N-methyl/N-ethyl adjacent to an activating group) is 1. The molecule has 2 aromatic rings. The Morgan fingerprint density at radius 1 is 1.45 bits per heavy atom. The number of hydrogen-bond acceptors (Lipinski definition) is 3. The Hall–Kier alpha value is -2.37. The number of carbonyl (C=O) groups is 2. The molecule has 0 aliphatic carbocycles. The largest absolute Gasteiger partial charge is 0.352 e. The molecule has 1 aromatic heterocycles. The van der Waals surface area contributed by atoms with Crippen LogP contribution in [0.1, 0.15) is 30.1 Å². The van der Waals surface area contributed by atoms with Crippen LogP contribution < -0.4 is 5.32 Å². The topological polar surface area (TPSA) is 67.2 Å². The number of aromatic nitrogens is 2. The molecule has 1 aromatic carbocycles. The van der Waals surface area contributed by atoms with E-state index in [-0.39, 0.29) is 23.9 Å². The van der Waals surface area contributed by atoms with Crippen molar-refractivity contribution in [3.05, 3.63) is 30.0 Å². The normalized spacial score (nSPS) is 21.7. The molecule has 0 saturated carbocycles. The van der Waals surface area contributed by atoms with Crippen molar-refractivity contribution >= 4 is 22.7 Å². The van der Waals surface area contributed by atoms with Gasteiger partial charge in [0.05, 0.1) is 17.8 Å². The second kappa shape index (κ2) is 5.44. The van der Waals surface area contributed by atoms with Gasteiger partial charge in [0.15, 0.2) is 0 Å². The van der Waals surface area contributed by atoms with E-state index < -0.39 is 0 Å². The van der Waals surface area contributed by atoms with E-state index in [9.17, 15) is 9.59 Å². The van der Waals surface area contributed by atoms with Crippen molar-refractivity contribution in [3.63, 3.8) is 0 Å². The zero-order valence-corrected chi connectivity index (χ0v) is 13.0. The monoisotopic (exact) mass is 300 g/mol. The standard InChI is InChI=1S/C16H20N4O2/c1-10-13(6-7-15(21)18-10)19(2)16(22)11-4-5-14-12(8-11)9-17-20(14)3/h4-5,8-10,13H,6-7H2,1-3H3,(H,18,21). The summed E-state index contributed by atoms with van der Waals surface area (Å²) in [5.41, 5.74) is 1.64. The molecular weight excluding hydrogens is 280 g/mol. The van der Waals surface area contributed by atoms with Gasteiger partial charge in [0.2, 0.25) is 5.91 Å². The van der Waals surface area contributed by atoms with E-state index in [1.165, 1.54) is 0 Å². The minimum atomic E-state index is -0.0303. The van der Waals surface area contributed by atoms with Crippen molar-refractivity contribution in [2.45, 2.75) is 31.8 Å². The maximum absolute atomic E-state index is 12.7. The molecule has 2 unspecified atom stereocenters. The molecule has 1 aliphatic heterocycles. The Morgan fingerprint density at radius 2 is 2.23 bits per heavy atom. The summed E-state index contributed by atoms with van der Waals surface area (Å²) in [7, 11) is 3.68. The van der Waals surface area contributed by atoms with Crippen molar-refractivity contribution in [1.82, 2.24) is 20.0 Å². The van der Waals surface area contributed by atoms with E-state index >= 15 is 0 Å². The Bertz CT molecular complexity index is 737. The summed E-state index contributed by atoms with van der Waals surface area (Å²) < 4.78 is 1.78. The number of rotatable bonds is 2. The van der Waals surface area contributed by atoms with Crippen molar-refractivity contribution in [3.8, 4) is 0 Å². The molecule has 2 heterocycles. The molecule has 0 spiro atoms. The van der Waals surface area contributed by atoms with Crippen LogP contribution >= 0.6 is 0 Å². The van der Waals surface area contributed by atoms with Crippen LogP contribution in [0.2, 0.25) is 0 Å². The summed E-state index contributed by atoms with van der Waals surface area (Å²) in [6.45, 7) is 1.94. The molecular formula is C16H20N4O2.